The average molecular weight is 206 g/mol. The summed E-state index contributed by atoms with van der Waals surface area (Å²) in [5.74, 6) is 0.176. The Balaban J connectivity index is 2.78. The number of hydrogen-bond acceptors (Lipinski definition) is 3. The molecule has 1 aromatic rings. The van der Waals surface area contributed by atoms with E-state index in [0.717, 1.165) is 5.56 Å². The third kappa shape index (κ3) is 3.06. The molecule has 15 heavy (non-hydrogen) atoms. The lowest BCUT2D eigenvalue weighted by Crippen LogP contribution is -2.22. The zero-order valence-corrected chi connectivity index (χ0v) is 9.32. The summed E-state index contributed by atoms with van der Waals surface area (Å²) >= 11 is 0. The van der Waals surface area contributed by atoms with Gasteiger partial charge < -0.3 is 10.0 Å². The summed E-state index contributed by atoms with van der Waals surface area (Å²) in [4.78, 5) is 13.5. The van der Waals surface area contributed by atoms with Crippen LogP contribution in [0.4, 0.5) is 0 Å². The largest absolute Gasteiger partial charge is 0.508 e. The van der Waals surface area contributed by atoms with E-state index in [1.165, 1.54) is 6.07 Å². The molecule has 0 amide bonds. The highest BCUT2D eigenvalue weighted by Crippen LogP contribution is 2.17. The monoisotopic (exact) mass is 206 g/mol. The van der Waals surface area contributed by atoms with Crippen LogP contribution in [-0.4, -0.2) is 29.4 Å². The fraction of sp³-hybridized carbons (Fsp3) is 0.333. The van der Waals surface area contributed by atoms with E-state index in [4.69, 9.17) is 0 Å². The Hall–Kier alpha value is -1.35. The number of Topliss-reactive ketones (excluding diaryl/α,β-unsaturated/α-hetero) is 1. The predicted molar refractivity (Wildman–Crippen MR) is 59.8 cm³/mol. The third-order valence-corrected chi connectivity index (χ3v) is 2.36. The van der Waals surface area contributed by atoms with Crippen molar-refractivity contribution >= 4 is 5.78 Å². The van der Waals surface area contributed by atoms with Crippen LogP contribution in [-0.2, 0) is 0 Å². The van der Waals surface area contributed by atoms with Crippen molar-refractivity contribution in [2.24, 2.45) is 0 Å². The summed E-state index contributed by atoms with van der Waals surface area (Å²) in [6.07, 6.45) is 0. The second-order valence-electron chi connectivity index (χ2n) is 3.60. The fourth-order valence-electron chi connectivity index (χ4n) is 1.19. The third-order valence-electron chi connectivity index (χ3n) is 2.36. The average Bonchev–Trinajstić information content (AvgIpc) is 2.21. The Morgan fingerprint density at radius 1 is 1.53 bits per heavy atom. The van der Waals surface area contributed by atoms with Crippen molar-refractivity contribution in [1.29, 1.82) is 0 Å². The number of rotatable bonds is 4. The molecule has 82 valence electrons. The first-order chi connectivity index (χ1) is 7.04. The van der Waals surface area contributed by atoms with Gasteiger partial charge in [0.15, 0.2) is 5.78 Å². The maximum absolute atomic E-state index is 11.7. The second kappa shape index (κ2) is 4.94. The van der Waals surface area contributed by atoms with E-state index in [2.05, 4.69) is 0 Å². The van der Waals surface area contributed by atoms with Crippen LogP contribution in [0.3, 0.4) is 0 Å². The minimum Gasteiger partial charge on any atom is -0.508 e. The molecule has 0 aliphatic carbocycles. The minimum atomic E-state index is 0.00546. The van der Waals surface area contributed by atoms with Gasteiger partial charge in [-0.1, -0.05) is 12.1 Å². The van der Waals surface area contributed by atoms with Gasteiger partial charge in [-0.25, -0.2) is 0 Å². The van der Waals surface area contributed by atoms with E-state index in [1.807, 2.05) is 20.5 Å². The lowest BCUT2D eigenvalue weighted by atomic mass is 10.1. The number of phenolic OH excluding ortho intramolecular Hbond substituents is 1. The Labute approximate surface area is 90.3 Å². The number of benzene rings is 1. The molecule has 0 aromatic heterocycles. The van der Waals surface area contributed by atoms with Crippen LogP contribution >= 0.6 is 0 Å². The highest BCUT2D eigenvalue weighted by atomic mass is 16.3. The summed E-state index contributed by atoms with van der Waals surface area (Å²) in [6, 6.07) is 5.00. The van der Waals surface area contributed by atoms with Gasteiger partial charge in [-0.2, -0.15) is 6.92 Å². The summed E-state index contributed by atoms with van der Waals surface area (Å²) in [5, 5.41) is 9.47. The summed E-state index contributed by atoms with van der Waals surface area (Å²) in [7, 11) is 1.84. The maximum atomic E-state index is 11.7. The molecule has 0 heterocycles. The highest BCUT2D eigenvalue weighted by Gasteiger charge is 2.07. The van der Waals surface area contributed by atoms with Crippen molar-refractivity contribution in [3.05, 3.63) is 35.9 Å². The zero-order chi connectivity index (χ0) is 11.4. The topological polar surface area (TPSA) is 40.5 Å². The smallest absolute Gasteiger partial charge is 0.174 e. The Morgan fingerprint density at radius 3 is 2.73 bits per heavy atom. The van der Waals surface area contributed by atoms with Crippen LogP contribution in [0.25, 0.3) is 0 Å². The second-order valence-corrected chi connectivity index (χ2v) is 3.60. The van der Waals surface area contributed by atoms with Crippen LogP contribution in [0.1, 0.15) is 22.8 Å². The van der Waals surface area contributed by atoms with Crippen molar-refractivity contribution in [3.8, 4) is 5.75 Å². The molecular weight excluding hydrogens is 190 g/mol. The Bertz CT molecular complexity index is 361. The first-order valence-corrected chi connectivity index (χ1v) is 4.87. The number of aryl methyl sites for hydroxylation is 1. The van der Waals surface area contributed by atoms with Gasteiger partial charge in [-0.05, 0) is 25.6 Å². The molecule has 3 nitrogen and oxygen atoms in total. The molecule has 1 aromatic carbocycles. The van der Waals surface area contributed by atoms with Gasteiger partial charge >= 0.3 is 0 Å². The molecule has 0 unspecified atom stereocenters. The summed E-state index contributed by atoms with van der Waals surface area (Å²) in [6.45, 7) is 5.85. The quantitative estimate of drug-likeness (QED) is 0.605. The number of carbonyl (C=O) groups excluding carboxylic acids is 1. The van der Waals surface area contributed by atoms with Gasteiger partial charge in [-0.15, -0.1) is 0 Å². The van der Waals surface area contributed by atoms with E-state index in [1.54, 1.807) is 24.0 Å². The van der Waals surface area contributed by atoms with Crippen LogP contribution in [0.15, 0.2) is 18.2 Å². The first-order valence-electron chi connectivity index (χ1n) is 4.87. The van der Waals surface area contributed by atoms with Gasteiger partial charge in [0.2, 0.25) is 0 Å². The predicted octanol–water partition coefficient (Wildman–Crippen LogP) is 2.00. The Morgan fingerprint density at radius 2 is 2.20 bits per heavy atom. The molecule has 0 bridgehead atoms. The fourth-order valence-corrected chi connectivity index (χ4v) is 1.19. The number of nitrogens with zero attached hydrogens (tertiary/aromatic N) is 1. The van der Waals surface area contributed by atoms with Crippen molar-refractivity contribution in [3.63, 3.8) is 0 Å². The number of phenols is 1. The molecule has 3 heteroatoms. The van der Waals surface area contributed by atoms with Gasteiger partial charge in [0.1, 0.15) is 5.75 Å². The maximum Gasteiger partial charge on any atom is 0.174 e. The van der Waals surface area contributed by atoms with Gasteiger partial charge in [0.05, 0.1) is 0 Å². The van der Waals surface area contributed by atoms with Crippen LogP contribution in [0.2, 0.25) is 0 Å². The minimum absolute atomic E-state index is 0.00546. The van der Waals surface area contributed by atoms with Crippen molar-refractivity contribution in [1.82, 2.24) is 4.90 Å². The standard InChI is InChI=1S/C12H16NO2/c1-4-13(3)8-12(15)10-6-5-9(2)11(14)7-10/h4-7,14H,8H2,1-3H3/q-1. The molecule has 0 spiro atoms. The lowest BCUT2D eigenvalue weighted by Gasteiger charge is -2.23. The van der Waals surface area contributed by atoms with E-state index in [9.17, 15) is 9.90 Å². The van der Waals surface area contributed by atoms with Crippen LogP contribution in [0, 0.1) is 13.5 Å². The molecule has 0 fully saturated rings. The first kappa shape index (κ1) is 11.7. The zero-order valence-electron chi connectivity index (χ0n) is 9.32. The number of ketones is 1. The van der Waals surface area contributed by atoms with E-state index in [0.29, 0.717) is 12.1 Å². The molecule has 0 saturated carbocycles. The molecule has 0 aliphatic heterocycles. The number of hydrogen-bond donors (Lipinski definition) is 1. The molecular formula is C12H16NO2-. The SMILES string of the molecule is C[CH-]N(C)CC(=O)c1ccc(C)c(O)c1. The van der Waals surface area contributed by atoms with Crippen LogP contribution in [0.5, 0.6) is 5.75 Å². The lowest BCUT2D eigenvalue weighted by molar-refractivity contribution is 0.0958. The van der Waals surface area contributed by atoms with Gasteiger partial charge in [0, 0.05) is 12.1 Å². The van der Waals surface area contributed by atoms with Gasteiger partial charge in [0.25, 0.3) is 0 Å². The Kier molecular flexibility index (Phi) is 3.86. The molecule has 1 N–H and O–H groups in total. The number of likely N-dealkylation sites (N-methyl/N-ethyl adjacent to an activating group) is 1. The molecule has 0 atom stereocenters. The van der Waals surface area contributed by atoms with E-state index < -0.39 is 0 Å². The van der Waals surface area contributed by atoms with Crippen molar-refractivity contribution in [2.75, 3.05) is 13.6 Å². The number of carbonyl (C=O) groups is 1. The normalized spacial score (nSPS) is 10.7. The van der Waals surface area contributed by atoms with Crippen molar-refractivity contribution < 1.29 is 9.90 Å². The molecule has 0 saturated heterocycles. The molecule has 1 rings (SSSR count). The molecule has 0 radical (unpaired) electrons. The van der Waals surface area contributed by atoms with E-state index in [-0.39, 0.29) is 11.5 Å². The van der Waals surface area contributed by atoms with E-state index >= 15 is 0 Å². The summed E-state index contributed by atoms with van der Waals surface area (Å²) < 4.78 is 0. The van der Waals surface area contributed by atoms with Crippen molar-refractivity contribution in [2.45, 2.75) is 13.8 Å². The molecule has 0 aliphatic rings. The number of aromatic hydroxyl groups is 1. The van der Waals surface area contributed by atoms with Crippen LogP contribution < -0.4 is 0 Å². The van der Waals surface area contributed by atoms with Gasteiger partial charge in [-0.3, -0.25) is 11.3 Å². The highest BCUT2D eigenvalue weighted by molar-refractivity contribution is 5.98. The summed E-state index contributed by atoms with van der Waals surface area (Å²) in [5.41, 5.74) is 1.33.